The molecule has 1 unspecified atom stereocenters. The number of alkyl halides is 2. The molecule has 4 nitrogen and oxygen atoms in total. The molecular formula is C11H15F2NO3. The number of ether oxygens (including phenoxy) is 2. The minimum Gasteiger partial charge on any atom is -0.491 e. The maximum Gasteiger partial charge on any atom is 0.261 e. The number of hydrogen-bond acceptors (Lipinski definition) is 4. The second-order valence-corrected chi connectivity index (χ2v) is 3.46. The lowest BCUT2D eigenvalue weighted by Crippen LogP contribution is -2.24. The summed E-state index contributed by atoms with van der Waals surface area (Å²) in [4.78, 5) is 0. The molecule has 96 valence electrons. The van der Waals surface area contributed by atoms with E-state index >= 15 is 0 Å². The van der Waals surface area contributed by atoms with Gasteiger partial charge in [-0.15, -0.1) is 0 Å². The van der Waals surface area contributed by atoms with Crippen molar-refractivity contribution in [2.75, 3.05) is 25.6 Å². The molecule has 6 heteroatoms. The Hall–Kier alpha value is -1.40. The number of nitrogen functional groups attached to an aromatic ring is 1. The first-order valence-corrected chi connectivity index (χ1v) is 5.10. The van der Waals surface area contributed by atoms with Gasteiger partial charge in [-0.1, -0.05) is 0 Å². The van der Waals surface area contributed by atoms with Gasteiger partial charge < -0.3 is 20.3 Å². The summed E-state index contributed by atoms with van der Waals surface area (Å²) in [6.45, 7) is -0.884. The Kier molecular flexibility index (Phi) is 5.65. The molecular weight excluding hydrogens is 232 g/mol. The Balaban J connectivity index is 2.19. The second-order valence-electron chi connectivity index (χ2n) is 3.46. The van der Waals surface area contributed by atoms with E-state index in [-0.39, 0.29) is 13.2 Å². The molecule has 0 bridgehead atoms. The summed E-state index contributed by atoms with van der Waals surface area (Å²) in [7, 11) is 0. The fraction of sp³-hybridized carbons (Fsp3) is 0.455. The van der Waals surface area contributed by atoms with Crippen molar-refractivity contribution in [3.63, 3.8) is 0 Å². The highest BCUT2D eigenvalue weighted by Crippen LogP contribution is 2.13. The predicted molar refractivity (Wildman–Crippen MR) is 59.2 cm³/mol. The van der Waals surface area contributed by atoms with Crippen LogP contribution in [-0.4, -0.2) is 37.5 Å². The molecule has 1 aromatic rings. The summed E-state index contributed by atoms with van der Waals surface area (Å²) < 4.78 is 33.2. The van der Waals surface area contributed by atoms with Gasteiger partial charge in [0.15, 0.2) is 0 Å². The minimum atomic E-state index is -2.53. The molecule has 0 radical (unpaired) electrons. The smallest absolute Gasteiger partial charge is 0.261 e. The Morgan fingerprint density at radius 3 is 2.35 bits per heavy atom. The molecule has 0 spiro atoms. The van der Waals surface area contributed by atoms with E-state index in [0.717, 1.165) is 0 Å². The first kappa shape index (κ1) is 13.7. The van der Waals surface area contributed by atoms with Crippen molar-refractivity contribution in [1.82, 2.24) is 0 Å². The van der Waals surface area contributed by atoms with Crippen LogP contribution in [0.2, 0.25) is 0 Å². The molecule has 1 rings (SSSR count). The highest BCUT2D eigenvalue weighted by molar-refractivity contribution is 5.41. The topological polar surface area (TPSA) is 64.7 Å². The van der Waals surface area contributed by atoms with Crippen LogP contribution in [0, 0.1) is 0 Å². The lowest BCUT2D eigenvalue weighted by molar-refractivity contribution is -0.0306. The molecule has 17 heavy (non-hydrogen) atoms. The molecule has 0 amide bonds. The van der Waals surface area contributed by atoms with Crippen molar-refractivity contribution in [3.8, 4) is 5.75 Å². The van der Waals surface area contributed by atoms with E-state index in [1.807, 2.05) is 0 Å². The summed E-state index contributed by atoms with van der Waals surface area (Å²) in [6.07, 6.45) is -3.47. The predicted octanol–water partition coefficient (Wildman–Crippen LogP) is 1.29. The standard InChI is InChI=1S/C11H15F2NO3/c12-11(13)7-16-5-9(15)6-17-10-3-1-8(14)2-4-10/h1-4,9,11,15H,5-7,14H2. The van der Waals surface area contributed by atoms with E-state index in [4.69, 9.17) is 10.5 Å². The maximum absolute atomic E-state index is 11.7. The molecule has 0 aliphatic carbocycles. The summed E-state index contributed by atoms with van der Waals surface area (Å²) in [5.41, 5.74) is 6.09. The minimum absolute atomic E-state index is 0.0207. The Morgan fingerprint density at radius 1 is 1.12 bits per heavy atom. The van der Waals surface area contributed by atoms with Crippen LogP contribution in [0.1, 0.15) is 0 Å². The highest BCUT2D eigenvalue weighted by Gasteiger charge is 2.08. The van der Waals surface area contributed by atoms with E-state index in [1.54, 1.807) is 24.3 Å². The summed E-state index contributed by atoms with van der Waals surface area (Å²) in [5.74, 6) is 0.548. The average molecular weight is 247 g/mol. The maximum atomic E-state index is 11.7. The normalized spacial score (nSPS) is 12.7. The third-order valence-electron chi connectivity index (χ3n) is 1.88. The number of rotatable bonds is 7. The van der Waals surface area contributed by atoms with Crippen molar-refractivity contribution in [2.24, 2.45) is 0 Å². The first-order valence-electron chi connectivity index (χ1n) is 5.10. The van der Waals surface area contributed by atoms with E-state index in [9.17, 15) is 13.9 Å². The molecule has 0 aliphatic rings. The van der Waals surface area contributed by atoms with Crippen LogP contribution < -0.4 is 10.5 Å². The summed E-state index contributed by atoms with van der Waals surface area (Å²) >= 11 is 0. The fourth-order valence-electron chi connectivity index (χ4n) is 1.10. The number of halogens is 2. The fourth-order valence-corrected chi connectivity index (χ4v) is 1.10. The Labute approximate surface area is 97.9 Å². The van der Waals surface area contributed by atoms with Gasteiger partial charge in [0.1, 0.15) is 25.1 Å². The Bertz CT molecular complexity index is 319. The first-order chi connectivity index (χ1) is 8.08. The SMILES string of the molecule is Nc1ccc(OCC(O)COCC(F)F)cc1. The van der Waals surface area contributed by atoms with Crippen LogP contribution in [-0.2, 0) is 4.74 Å². The summed E-state index contributed by atoms with van der Waals surface area (Å²) in [6, 6.07) is 6.63. The molecule has 0 heterocycles. The van der Waals surface area contributed by atoms with Crippen LogP contribution in [0.3, 0.4) is 0 Å². The van der Waals surface area contributed by atoms with Crippen molar-refractivity contribution < 1.29 is 23.4 Å². The highest BCUT2D eigenvalue weighted by atomic mass is 19.3. The molecule has 0 fully saturated rings. The van der Waals surface area contributed by atoms with Crippen molar-refractivity contribution >= 4 is 5.69 Å². The number of hydrogen-bond donors (Lipinski definition) is 2. The van der Waals surface area contributed by atoms with Crippen LogP contribution in [0.15, 0.2) is 24.3 Å². The van der Waals surface area contributed by atoms with Crippen molar-refractivity contribution in [3.05, 3.63) is 24.3 Å². The quantitative estimate of drug-likeness (QED) is 0.713. The van der Waals surface area contributed by atoms with Gasteiger partial charge in [-0.2, -0.15) is 0 Å². The van der Waals surface area contributed by atoms with E-state index < -0.39 is 19.1 Å². The second kappa shape index (κ2) is 7.03. The van der Waals surface area contributed by atoms with Gasteiger partial charge in [0.2, 0.25) is 0 Å². The van der Waals surface area contributed by atoms with E-state index in [2.05, 4.69) is 4.74 Å². The third kappa shape index (κ3) is 6.03. The van der Waals surface area contributed by atoms with Crippen LogP contribution >= 0.6 is 0 Å². The van der Waals surface area contributed by atoms with Gasteiger partial charge in [0, 0.05) is 5.69 Å². The molecule has 1 aromatic carbocycles. The monoisotopic (exact) mass is 247 g/mol. The van der Waals surface area contributed by atoms with Gasteiger partial charge in [0.05, 0.1) is 6.61 Å². The average Bonchev–Trinajstić information content (AvgIpc) is 2.28. The van der Waals surface area contributed by atoms with Gasteiger partial charge in [-0.25, -0.2) is 8.78 Å². The molecule has 0 aromatic heterocycles. The largest absolute Gasteiger partial charge is 0.491 e. The number of aliphatic hydroxyl groups is 1. The number of aliphatic hydroxyl groups excluding tert-OH is 1. The van der Waals surface area contributed by atoms with Crippen molar-refractivity contribution in [1.29, 1.82) is 0 Å². The number of anilines is 1. The van der Waals surface area contributed by atoms with Crippen LogP contribution in [0.25, 0.3) is 0 Å². The lowest BCUT2D eigenvalue weighted by Gasteiger charge is -2.12. The number of benzene rings is 1. The van der Waals surface area contributed by atoms with Crippen LogP contribution in [0.5, 0.6) is 5.75 Å². The number of nitrogens with two attached hydrogens (primary N) is 1. The molecule has 3 N–H and O–H groups in total. The third-order valence-corrected chi connectivity index (χ3v) is 1.88. The van der Waals surface area contributed by atoms with E-state index in [1.165, 1.54) is 0 Å². The van der Waals surface area contributed by atoms with Crippen LogP contribution in [0.4, 0.5) is 14.5 Å². The van der Waals surface area contributed by atoms with E-state index in [0.29, 0.717) is 11.4 Å². The summed E-state index contributed by atoms with van der Waals surface area (Å²) in [5, 5.41) is 9.36. The Morgan fingerprint density at radius 2 is 1.76 bits per heavy atom. The molecule has 1 atom stereocenters. The van der Waals surface area contributed by atoms with Gasteiger partial charge >= 0.3 is 0 Å². The molecule has 0 saturated carbocycles. The zero-order chi connectivity index (χ0) is 12.7. The lowest BCUT2D eigenvalue weighted by atomic mass is 10.3. The van der Waals surface area contributed by atoms with Gasteiger partial charge in [0.25, 0.3) is 6.43 Å². The molecule has 0 aliphatic heterocycles. The van der Waals surface area contributed by atoms with Gasteiger partial charge in [-0.3, -0.25) is 0 Å². The van der Waals surface area contributed by atoms with Gasteiger partial charge in [-0.05, 0) is 24.3 Å². The van der Waals surface area contributed by atoms with Crippen molar-refractivity contribution in [2.45, 2.75) is 12.5 Å². The molecule has 0 saturated heterocycles. The zero-order valence-corrected chi connectivity index (χ0v) is 9.18. The zero-order valence-electron chi connectivity index (χ0n) is 9.18.